The van der Waals surface area contributed by atoms with Gasteiger partial charge in [0.2, 0.25) is 24.1 Å². The molecular formula is C27H42N4O5. The Morgan fingerprint density at radius 2 is 1.81 bits per heavy atom. The van der Waals surface area contributed by atoms with E-state index >= 15 is 0 Å². The minimum Gasteiger partial charge on any atom is -0.353 e. The zero-order valence-electron chi connectivity index (χ0n) is 22.0. The van der Waals surface area contributed by atoms with Crippen molar-refractivity contribution < 1.29 is 24.4 Å². The average Bonchev–Trinajstić information content (AvgIpc) is 2.84. The molecule has 36 heavy (non-hydrogen) atoms. The molecule has 4 amide bonds. The maximum absolute atomic E-state index is 13.5. The predicted molar refractivity (Wildman–Crippen MR) is 137 cm³/mol. The molecule has 1 heterocycles. The van der Waals surface area contributed by atoms with E-state index < -0.39 is 17.4 Å². The number of nitrogens with zero attached hydrogens (tertiary/aromatic N) is 2. The number of nitrogens with one attached hydrogen (secondary N) is 2. The van der Waals surface area contributed by atoms with Gasteiger partial charge in [-0.05, 0) is 30.2 Å². The van der Waals surface area contributed by atoms with Crippen LogP contribution in [0.1, 0.15) is 65.4 Å². The van der Waals surface area contributed by atoms with Crippen LogP contribution < -0.4 is 10.6 Å². The third-order valence-electron chi connectivity index (χ3n) is 6.58. The summed E-state index contributed by atoms with van der Waals surface area (Å²) in [5, 5.41) is 16.1. The van der Waals surface area contributed by atoms with Crippen molar-refractivity contribution >= 4 is 24.1 Å². The van der Waals surface area contributed by atoms with Crippen molar-refractivity contribution in [3.63, 3.8) is 0 Å². The molecule has 200 valence electrons. The van der Waals surface area contributed by atoms with Crippen molar-refractivity contribution in [1.82, 2.24) is 20.6 Å². The zero-order chi connectivity index (χ0) is 26.7. The van der Waals surface area contributed by atoms with Gasteiger partial charge >= 0.3 is 0 Å². The SMILES string of the molecule is CCCC[C@H](CN(O)C=O)C(=O)N[C@H](C(=O)N1CCC(NC(=O)Cc2ccccc2)CC1)C(C)(C)C. The standard InChI is InChI=1S/C27H42N4O5/c1-5-6-12-21(18-31(36)19-32)25(34)29-24(27(2,3)4)26(35)30-15-13-22(14-16-30)28-23(33)17-20-10-8-7-9-11-20/h7-11,19,21-22,24,36H,5-6,12-18H2,1-4H3,(H,28,33)(H,29,34)/t21-,24-/m1/s1. The lowest BCUT2D eigenvalue weighted by Crippen LogP contribution is -2.58. The zero-order valence-corrected chi connectivity index (χ0v) is 22.0. The third-order valence-corrected chi connectivity index (χ3v) is 6.58. The van der Waals surface area contributed by atoms with E-state index in [-0.39, 0.29) is 36.7 Å². The molecule has 1 aliphatic rings. The largest absolute Gasteiger partial charge is 0.353 e. The first-order valence-corrected chi connectivity index (χ1v) is 12.9. The van der Waals surface area contributed by atoms with Gasteiger partial charge in [0.05, 0.1) is 18.9 Å². The highest BCUT2D eigenvalue weighted by Gasteiger charge is 2.38. The highest BCUT2D eigenvalue weighted by molar-refractivity contribution is 5.89. The number of hydrogen-bond acceptors (Lipinski definition) is 5. The molecule has 1 fully saturated rings. The van der Waals surface area contributed by atoms with Gasteiger partial charge in [0.1, 0.15) is 6.04 Å². The van der Waals surface area contributed by atoms with E-state index in [9.17, 15) is 24.4 Å². The topological polar surface area (TPSA) is 119 Å². The van der Waals surface area contributed by atoms with Crippen molar-refractivity contribution in [2.75, 3.05) is 19.6 Å². The summed E-state index contributed by atoms with van der Waals surface area (Å²) >= 11 is 0. The lowest BCUT2D eigenvalue weighted by atomic mass is 9.84. The second-order valence-corrected chi connectivity index (χ2v) is 10.7. The molecule has 0 bridgehead atoms. The van der Waals surface area contributed by atoms with Gasteiger partial charge < -0.3 is 15.5 Å². The Labute approximate surface area is 214 Å². The molecule has 2 atom stereocenters. The van der Waals surface area contributed by atoms with Crippen molar-refractivity contribution in [2.45, 2.75) is 78.3 Å². The lowest BCUT2D eigenvalue weighted by Gasteiger charge is -2.39. The maximum Gasteiger partial charge on any atom is 0.245 e. The Hall–Kier alpha value is -2.94. The number of carbonyl (C=O) groups is 4. The third kappa shape index (κ3) is 9.26. The minimum absolute atomic E-state index is 0.00485. The molecule has 9 heteroatoms. The first kappa shape index (κ1) is 29.3. The molecular weight excluding hydrogens is 460 g/mol. The van der Waals surface area contributed by atoms with E-state index in [0.717, 1.165) is 18.4 Å². The molecule has 9 nitrogen and oxygen atoms in total. The summed E-state index contributed by atoms with van der Waals surface area (Å²) in [6.07, 6.45) is 4.04. The summed E-state index contributed by atoms with van der Waals surface area (Å²) in [6, 6.07) is 8.83. The van der Waals surface area contributed by atoms with Gasteiger partial charge in [-0.15, -0.1) is 0 Å². The lowest BCUT2D eigenvalue weighted by molar-refractivity contribution is -0.155. The van der Waals surface area contributed by atoms with E-state index in [0.29, 0.717) is 43.8 Å². The Morgan fingerprint density at radius 1 is 1.17 bits per heavy atom. The summed E-state index contributed by atoms with van der Waals surface area (Å²) in [7, 11) is 0. The molecule has 1 saturated heterocycles. The quantitative estimate of drug-likeness (QED) is 0.231. The van der Waals surface area contributed by atoms with Crippen LogP contribution in [-0.4, -0.2) is 71.0 Å². The Bertz CT molecular complexity index is 863. The predicted octanol–water partition coefficient (Wildman–Crippen LogP) is 2.52. The highest BCUT2D eigenvalue weighted by atomic mass is 16.5. The smallest absolute Gasteiger partial charge is 0.245 e. The number of amides is 4. The van der Waals surface area contributed by atoms with E-state index in [1.165, 1.54) is 0 Å². The van der Waals surface area contributed by atoms with Gasteiger partial charge in [-0.2, -0.15) is 0 Å². The van der Waals surface area contributed by atoms with Crippen LogP contribution in [0.25, 0.3) is 0 Å². The fraction of sp³-hybridized carbons (Fsp3) is 0.630. The first-order valence-electron chi connectivity index (χ1n) is 12.9. The molecule has 0 unspecified atom stereocenters. The van der Waals surface area contributed by atoms with Gasteiger partial charge in [-0.1, -0.05) is 70.9 Å². The molecule has 0 aliphatic carbocycles. The van der Waals surface area contributed by atoms with Gasteiger partial charge in [0.25, 0.3) is 0 Å². The van der Waals surface area contributed by atoms with Gasteiger partial charge in [0, 0.05) is 19.1 Å². The average molecular weight is 503 g/mol. The van der Waals surface area contributed by atoms with Crippen LogP contribution >= 0.6 is 0 Å². The van der Waals surface area contributed by atoms with Gasteiger partial charge in [-0.25, -0.2) is 5.06 Å². The number of benzene rings is 1. The van der Waals surface area contributed by atoms with E-state index in [1.54, 1.807) is 4.90 Å². The first-order chi connectivity index (χ1) is 17.0. The number of likely N-dealkylation sites (tertiary alicyclic amines) is 1. The number of hydrogen-bond donors (Lipinski definition) is 3. The van der Waals surface area contributed by atoms with Crippen LogP contribution in [0.3, 0.4) is 0 Å². The monoisotopic (exact) mass is 502 g/mol. The van der Waals surface area contributed by atoms with E-state index in [4.69, 9.17) is 0 Å². The Kier molecular flexibility index (Phi) is 11.4. The summed E-state index contributed by atoms with van der Waals surface area (Å²) < 4.78 is 0. The number of rotatable bonds is 12. The molecule has 2 rings (SSSR count). The molecule has 1 aliphatic heterocycles. The summed E-state index contributed by atoms with van der Waals surface area (Å²) in [5.41, 5.74) is 0.424. The minimum atomic E-state index is -0.748. The molecule has 0 saturated carbocycles. The number of piperidine rings is 1. The van der Waals surface area contributed by atoms with Crippen molar-refractivity contribution in [1.29, 1.82) is 0 Å². The van der Waals surface area contributed by atoms with Crippen LogP contribution in [0.15, 0.2) is 30.3 Å². The fourth-order valence-electron chi connectivity index (χ4n) is 4.42. The fourth-order valence-corrected chi connectivity index (χ4v) is 4.42. The van der Waals surface area contributed by atoms with Crippen LogP contribution in [0.2, 0.25) is 0 Å². The van der Waals surface area contributed by atoms with Crippen molar-refractivity contribution in [2.24, 2.45) is 11.3 Å². The summed E-state index contributed by atoms with van der Waals surface area (Å²) in [4.78, 5) is 51.6. The molecule has 3 N–H and O–H groups in total. The number of hydroxylamine groups is 2. The summed E-state index contributed by atoms with van der Waals surface area (Å²) in [5.74, 6) is -1.14. The Morgan fingerprint density at radius 3 is 2.36 bits per heavy atom. The van der Waals surface area contributed by atoms with Gasteiger partial charge in [-0.3, -0.25) is 24.4 Å². The molecule has 1 aromatic rings. The second kappa shape index (κ2) is 14.0. The van der Waals surface area contributed by atoms with Crippen molar-refractivity contribution in [3.05, 3.63) is 35.9 Å². The van der Waals surface area contributed by atoms with Crippen molar-refractivity contribution in [3.8, 4) is 0 Å². The molecule has 1 aromatic carbocycles. The Balaban J connectivity index is 1.96. The highest BCUT2D eigenvalue weighted by Crippen LogP contribution is 2.24. The molecule has 0 spiro atoms. The van der Waals surface area contributed by atoms with E-state index in [1.807, 2.05) is 58.0 Å². The van der Waals surface area contributed by atoms with E-state index in [2.05, 4.69) is 10.6 Å². The number of carbonyl (C=O) groups excluding carboxylic acids is 4. The van der Waals surface area contributed by atoms with Gasteiger partial charge in [0.15, 0.2) is 0 Å². The van der Waals surface area contributed by atoms with Crippen LogP contribution in [0.4, 0.5) is 0 Å². The maximum atomic E-state index is 13.5. The van der Waals surface area contributed by atoms with Crippen LogP contribution in [0.5, 0.6) is 0 Å². The molecule has 0 aromatic heterocycles. The molecule has 0 radical (unpaired) electrons. The van der Waals surface area contributed by atoms with Crippen LogP contribution in [0, 0.1) is 11.3 Å². The number of unbranched alkanes of at least 4 members (excludes halogenated alkanes) is 1. The summed E-state index contributed by atoms with van der Waals surface area (Å²) in [6.45, 7) is 8.57. The second-order valence-electron chi connectivity index (χ2n) is 10.7. The van der Waals surface area contributed by atoms with Crippen LogP contribution in [-0.2, 0) is 25.6 Å². The normalized spacial score (nSPS) is 16.1.